The lowest BCUT2D eigenvalue weighted by atomic mass is 10.1. The van der Waals surface area contributed by atoms with Crippen molar-refractivity contribution in [1.82, 2.24) is 4.90 Å². The van der Waals surface area contributed by atoms with Gasteiger partial charge in [0.25, 0.3) is 0 Å². The molecule has 5 nitrogen and oxygen atoms in total. The highest BCUT2D eigenvalue weighted by atomic mass is 16.5. The Morgan fingerprint density at radius 3 is 2.76 bits per heavy atom. The number of benzene rings is 1. The monoisotopic (exact) mass is 291 g/mol. The third-order valence-corrected chi connectivity index (χ3v) is 4.14. The molecule has 0 spiro atoms. The molecule has 0 amide bonds. The molecule has 1 aromatic rings. The fourth-order valence-corrected chi connectivity index (χ4v) is 3.12. The summed E-state index contributed by atoms with van der Waals surface area (Å²) >= 11 is 0. The Hall–Kier alpha value is -1.75. The number of oxime groups is 1. The first-order valence-corrected chi connectivity index (χ1v) is 7.47. The minimum atomic E-state index is 0.0761. The quantitative estimate of drug-likeness (QED) is 0.365. The van der Waals surface area contributed by atoms with Crippen LogP contribution in [0, 0.1) is 5.92 Å². The van der Waals surface area contributed by atoms with Gasteiger partial charge in [0.15, 0.2) is 5.84 Å². The zero-order valence-electron chi connectivity index (χ0n) is 12.9. The fraction of sp³-hybridized carbons (Fsp3) is 0.562. The minimum Gasteiger partial charge on any atom is -0.496 e. The van der Waals surface area contributed by atoms with Crippen LogP contribution in [-0.2, 0) is 6.54 Å². The van der Waals surface area contributed by atoms with Crippen molar-refractivity contribution in [1.29, 1.82) is 0 Å². The van der Waals surface area contributed by atoms with E-state index in [2.05, 4.69) is 17.1 Å². The summed E-state index contributed by atoms with van der Waals surface area (Å²) in [7, 11) is 3.72. The molecule has 0 radical (unpaired) electrons. The van der Waals surface area contributed by atoms with Gasteiger partial charge in [-0.2, -0.15) is 0 Å². The van der Waals surface area contributed by atoms with E-state index in [0.29, 0.717) is 11.3 Å². The van der Waals surface area contributed by atoms with Crippen LogP contribution in [0.3, 0.4) is 0 Å². The van der Waals surface area contributed by atoms with E-state index in [9.17, 15) is 0 Å². The zero-order chi connectivity index (χ0) is 15.2. The van der Waals surface area contributed by atoms with Crippen molar-refractivity contribution in [3.63, 3.8) is 0 Å². The first kappa shape index (κ1) is 15.6. The fourth-order valence-electron chi connectivity index (χ4n) is 3.12. The van der Waals surface area contributed by atoms with Gasteiger partial charge in [-0.1, -0.05) is 24.1 Å². The molecule has 0 aliphatic heterocycles. The lowest BCUT2D eigenvalue weighted by molar-refractivity contribution is 0.271. The Labute approximate surface area is 126 Å². The molecule has 1 saturated carbocycles. The first-order valence-electron chi connectivity index (χ1n) is 7.47. The van der Waals surface area contributed by atoms with Crippen molar-refractivity contribution in [2.24, 2.45) is 16.8 Å². The Morgan fingerprint density at radius 1 is 1.43 bits per heavy atom. The molecule has 3 N–H and O–H groups in total. The number of hydrogen-bond donors (Lipinski definition) is 2. The Balaban J connectivity index is 2.05. The van der Waals surface area contributed by atoms with Crippen molar-refractivity contribution in [3.8, 4) is 5.75 Å². The number of ether oxygens (including phenoxy) is 1. The second kappa shape index (κ2) is 7.31. The topological polar surface area (TPSA) is 71.1 Å². The molecule has 5 heteroatoms. The maximum absolute atomic E-state index is 8.87. The van der Waals surface area contributed by atoms with Gasteiger partial charge >= 0.3 is 0 Å². The summed E-state index contributed by atoms with van der Waals surface area (Å²) < 4.78 is 5.25. The van der Waals surface area contributed by atoms with Gasteiger partial charge in [-0.3, -0.25) is 0 Å². The molecule has 1 fully saturated rings. The van der Waals surface area contributed by atoms with Crippen LogP contribution < -0.4 is 10.5 Å². The van der Waals surface area contributed by atoms with Gasteiger partial charge in [0.05, 0.1) is 12.7 Å². The molecule has 1 aliphatic carbocycles. The van der Waals surface area contributed by atoms with E-state index in [0.717, 1.165) is 24.6 Å². The van der Waals surface area contributed by atoms with Crippen LogP contribution in [0.2, 0.25) is 0 Å². The van der Waals surface area contributed by atoms with E-state index >= 15 is 0 Å². The van der Waals surface area contributed by atoms with Crippen LogP contribution in [0.25, 0.3) is 0 Å². The predicted octanol–water partition coefficient (Wildman–Crippen LogP) is 2.41. The molecule has 2 rings (SSSR count). The number of hydrogen-bond acceptors (Lipinski definition) is 4. The highest BCUT2D eigenvalue weighted by Crippen LogP contribution is 2.26. The highest BCUT2D eigenvalue weighted by Gasteiger charge is 2.17. The summed E-state index contributed by atoms with van der Waals surface area (Å²) in [5.41, 5.74) is 7.48. The average Bonchev–Trinajstić information content (AvgIpc) is 2.99. The average molecular weight is 291 g/mol. The van der Waals surface area contributed by atoms with Crippen LogP contribution in [0.5, 0.6) is 5.75 Å². The van der Waals surface area contributed by atoms with Gasteiger partial charge < -0.3 is 20.6 Å². The maximum atomic E-state index is 8.87. The van der Waals surface area contributed by atoms with Crippen molar-refractivity contribution >= 4 is 5.84 Å². The SMILES string of the molecule is COc1ccc(CN(C)CC2CCCC2)cc1C(N)=NO. The van der Waals surface area contributed by atoms with E-state index in [-0.39, 0.29) is 5.84 Å². The van der Waals surface area contributed by atoms with Crippen LogP contribution in [0.4, 0.5) is 0 Å². The van der Waals surface area contributed by atoms with E-state index in [1.54, 1.807) is 7.11 Å². The summed E-state index contributed by atoms with van der Waals surface area (Å²) in [5, 5.41) is 11.9. The summed E-state index contributed by atoms with van der Waals surface area (Å²) in [5.74, 6) is 1.52. The molecule has 0 heterocycles. The normalized spacial score (nSPS) is 16.6. The van der Waals surface area contributed by atoms with Crippen molar-refractivity contribution in [2.45, 2.75) is 32.2 Å². The lowest BCUT2D eigenvalue weighted by Gasteiger charge is -2.21. The van der Waals surface area contributed by atoms with Crippen LogP contribution in [0.15, 0.2) is 23.4 Å². The molecule has 116 valence electrons. The second-order valence-electron chi connectivity index (χ2n) is 5.87. The van der Waals surface area contributed by atoms with Gasteiger partial charge in [0.2, 0.25) is 0 Å². The number of nitrogens with zero attached hydrogens (tertiary/aromatic N) is 2. The molecular weight excluding hydrogens is 266 g/mol. The Morgan fingerprint density at radius 2 is 2.14 bits per heavy atom. The lowest BCUT2D eigenvalue weighted by Crippen LogP contribution is -2.24. The van der Waals surface area contributed by atoms with Crippen LogP contribution in [0.1, 0.15) is 36.8 Å². The smallest absolute Gasteiger partial charge is 0.173 e. The van der Waals surface area contributed by atoms with Gasteiger partial charge in [-0.25, -0.2) is 0 Å². The van der Waals surface area contributed by atoms with E-state index in [1.165, 1.54) is 25.7 Å². The molecule has 1 aliphatic rings. The van der Waals surface area contributed by atoms with E-state index in [4.69, 9.17) is 15.7 Å². The Kier molecular flexibility index (Phi) is 5.44. The molecule has 21 heavy (non-hydrogen) atoms. The van der Waals surface area contributed by atoms with E-state index < -0.39 is 0 Å². The first-order chi connectivity index (χ1) is 10.1. The summed E-state index contributed by atoms with van der Waals surface area (Å²) in [4.78, 5) is 2.34. The van der Waals surface area contributed by atoms with Crippen molar-refractivity contribution in [3.05, 3.63) is 29.3 Å². The molecule has 0 atom stereocenters. The minimum absolute atomic E-state index is 0.0761. The molecular formula is C16H25N3O2. The number of amidine groups is 1. The third-order valence-electron chi connectivity index (χ3n) is 4.14. The van der Waals surface area contributed by atoms with Gasteiger partial charge in [-0.15, -0.1) is 0 Å². The summed E-state index contributed by atoms with van der Waals surface area (Å²) in [6.07, 6.45) is 5.44. The summed E-state index contributed by atoms with van der Waals surface area (Å²) in [6.45, 7) is 1.98. The molecule has 0 unspecified atom stereocenters. The molecule has 0 saturated heterocycles. The predicted molar refractivity (Wildman–Crippen MR) is 83.8 cm³/mol. The largest absolute Gasteiger partial charge is 0.496 e. The van der Waals surface area contributed by atoms with Crippen molar-refractivity contribution in [2.75, 3.05) is 20.7 Å². The number of methoxy groups -OCH3 is 1. The zero-order valence-corrected chi connectivity index (χ0v) is 12.9. The molecule has 1 aromatic carbocycles. The molecule has 0 bridgehead atoms. The van der Waals surface area contributed by atoms with Crippen LogP contribution in [-0.4, -0.2) is 36.6 Å². The summed E-state index contributed by atoms with van der Waals surface area (Å²) in [6, 6.07) is 5.82. The number of rotatable bonds is 6. The van der Waals surface area contributed by atoms with Crippen LogP contribution >= 0.6 is 0 Å². The van der Waals surface area contributed by atoms with Gasteiger partial charge in [0.1, 0.15) is 5.75 Å². The van der Waals surface area contributed by atoms with Gasteiger partial charge in [-0.05, 0) is 43.5 Å². The number of nitrogens with two attached hydrogens (primary N) is 1. The maximum Gasteiger partial charge on any atom is 0.173 e. The third kappa shape index (κ3) is 4.11. The molecule has 0 aromatic heterocycles. The van der Waals surface area contributed by atoms with E-state index in [1.807, 2.05) is 18.2 Å². The second-order valence-corrected chi connectivity index (χ2v) is 5.87. The highest BCUT2D eigenvalue weighted by molar-refractivity contribution is 5.99. The Bertz CT molecular complexity index is 496. The van der Waals surface area contributed by atoms with Gasteiger partial charge in [0, 0.05) is 13.1 Å². The standard InChI is InChI=1S/C16H25N3O2/c1-19(10-12-5-3-4-6-12)11-13-7-8-15(21-2)14(9-13)16(17)18-20/h7-9,12,20H,3-6,10-11H2,1-2H3,(H2,17,18). The van der Waals surface area contributed by atoms with Crippen molar-refractivity contribution < 1.29 is 9.94 Å².